The SMILES string of the molecule is CC(C)CC(C)N(C)c1nccc(/C(N)=N/O)n1. The first-order chi connectivity index (χ1) is 8.45. The summed E-state index contributed by atoms with van der Waals surface area (Å²) in [7, 11) is 1.94. The molecule has 1 aromatic heterocycles. The van der Waals surface area contributed by atoms with Crippen LogP contribution in [0.1, 0.15) is 32.9 Å². The number of oxime groups is 1. The van der Waals surface area contributed by atoms with Crippen molar-refractivity contribution < 1.29 is 5.21 Å². The molecule has 0 aliphatic heterocycles. The lowest BCUT2D eigenvalue weighted by molar-refractivity contribution is 0.318. The molecule has 1 aromatic rings. The molecule has 3 N–H and O–H groups in total. The Labute approximate surface area is 108 Å². The molecular formula is C12H21N5O. The third kappa shape index (κ3) is 3.58. The van der Waals surface area contributed by atoms with Gasteiger partial charge in [0.25, 0.3) is 0 Å². The van der Waals surface area contributed by atoms with E-state index in [1.807, 2.05) is 11.9 Å². The first kappa shape index (κ1) is 14.2. The highest BCUT2D eigenvalue weighted by Gasteiger charge is 2.15. The van der Waals surface area contributed by atoms with Crippen molar-refractivity contribution in [3.63, 3.8) is 0 Å². The largest absolute Gasteiger partial charge is 0.409 e. The average molecular weight is 251 g/mol. The van der Waals surface area contributed by atoms with Gasteiger partial charge in [0.2, 0.25) is 5.95 Å². The maximum absolute atomic E-state index is 8.63. The highest BCUT2D eigenvalue weighted by atomic mass is 16.4. The van der Waals surface area contributed by atoms with Gasteiger partial charge in [0.05, 0.1) is 0 Å². The summed E-state index contributed by atoms with van der Waals surface area (Å²) in [5, 5.41) is 11.6. The van der Waals surface area contributed by atoms with E-state index in [2.05, 4.69) is 35.9 Å². The van der Waals surface area contributed by atoms with Crippen LogP contribution < -0.4 is 10.6 Å². The van der Waals surface area contributed by atoms with Crippen LogP contribution in [0.25, 0.3) is 0 Å². The normalized spacial score (nSPS) is 13.7. The molecule has 6 heteroatoms. The zero-order valence-electron chi connectivity index (χ0n) is 11.3. The van der Waals surface area contributed by atoms with E-state index < -0.39 is 0 Å². The Morgan fingerprint density at radius 2 is 2.17 bits per heavy atom. The molecule has 0 radical (unpaired) electrons. The van der Waals surface area contributed by atoms with E-state index in [1.165, 1.54) is 0 Å². The third-order valence-electron chi connectivity index (χ3n) is 2.80. The summed E-state index contributed by atoms with van der Waals surface area (Å²) < 4.78 is 0. The van der Waals surface area contributed by atoms with Gasteiger partial charge in [-0.1, -0.05) is 19.0 Å². The van der Waals surface area contributed by atoms with E-state index >= 15 is 0 Å². The minimum absolute atomic E-state index is 0.0106. The van der Waals surface area contributed by atoms with Crippen LogP contribution in [0.2, 0.25) is 0 Å². The van der Waals surface area contributed by atoms with E-state index in [4.69, 9.17) is 10.9 Å². The Morgan fingerprint density at radius 3 is 2.72 bits per heavy atom. The second-order valence-electron chi connectivity index (χ2n) is 4.82. The quantitative estimate of drug-likeness (QED) is 0.358. The Morgan fingerprint density at radius 1 is 1.50 bits per heavy atom. The second kappa shape index (κ2) is 6.18. The number of hydrogen-bond donors (Lipinski definition) is 2. The minimum Gasteiger partial charge on any atom is -0.409 e. The molecule has 0 fully saturated rings. The van der Waals surface area contributed by atoms with Crippen molar-refractivity contribution in [1.29, 1.82) is 0 Å². The van der Waals surface area contributed by atoms with Gasteiger partial charge in [0, 0.05) is 19.3 Å². The number of nitrogens with zero attached hydrogens (tertiary/aromatic N) is 4. The van der Waals surface area contributed by atoms with Crippen LogP contribution in [0, 0.1) is 5.92 Å². The van der Waals surface area contributed by atoms with Gasteiger partial charge < -0.3 is 15.8 Å². The van der Waals surface area contributed by atoms with Crippen LogP contribution in [0.15, 0.2) is 17.4 Å². The zero-order valence-corrected chi connectivity index (χ0v) is 11.3. The molecule has 0 aromatic carbocycles. The van der Waals surface area contributed by atoms with Gasteiger partial charge in [-0.3, -0.25) is 0 Å². The molecule has 100 valence electrons. The maximum Gasteiger partial charge on any atom is 0.225 e. The number of nitrogens with two attached hydrogens (primary N) is 1. The lowest BCUT2D eigenvalue weighted by atomic mass is 10.0. The number of hydrogen-bond acceptors (Lipinski definition) is 5. The summed E-state index contributed by atoms with van der Waals surface area (Å²) in [6, 6.07) is 1.94. The highest BCUT2D eigenvalue weighted by Crippen LogP contribution is 2.15. The predicted molar refractivity (Wildman–Crippen MR) is 71.9 cm³/mol. The number of rotatable bonds is 5. The van der Waals surface area contributed by atoms with E-state index in [0.717, 1.165) is 6.42 Å². The van der Waals surface area contributed by atoms with Gasteiger partial charge in [-0.25, -0.2) is 9.97 Å². The predicted octanol–water partition coefficient (Wildman–Crippen LogP) is 1.44. The highest BCUT2D eigenvalue weighted by molar-refractivity contribution is 5.95. The lowest BCUT2D eigenvalue weighted by Gasteiger charge is -2.26. The lowest BCUT2D eigenvalue weighted by Crippen LogP contribution is -2.32. The molecule has 1 unspecified atom stereocenters. The monoisotopic (exact) mass is 251 g/mol. The van der Waals surface area contributed by atoms with Gasteiger partial charge in [-0.05, 0) is 25.3 Å². The molecular weight excluding hydrogens is 230 g/mol. The standard InChI is InChI=1S/C12H21N5O/c1-8(2)7-9(3)17(4)12-14-6-5-10(15-12)11(13)16-18/h5-6,8-9,18H,7H2,1-4H3,(H2,13,16). The van der Waals surface area contributed by atoms with E-state index in [0.29, 0.717) is 23.6 Å². The van der Waals surface area contributed by atoms with Crippen molar-refractivity contribution in [2.75, 3.05) is 11.9 Å². The Hall–Kier alpha value is -1.85. The Balaban J connectivity index is 2.89. The summed E-state index contributed by atoms with van der Waals surface area (Å²) in [5.41, 5.74) is 5.93. The van der Waals surface area contributed by atoms with Crippen molar-refractivity contribution in [1.82, 2.24) is 9.97 Å². The van der Waals surface area contributed by atoms with Crippen molar-refractivity contribution in [3.05, 3.63) is 18.0 Å². The van der Waals surface area contributed by atoms with Gasteiger partial charge in [-0.2, -0.15) is 0 Å². The molecule has 0 saturated heterocycles. The fourth-order valence-corrected chi connectivity index (χ4v) is 1.75. The average Bonchev–Trinajstić information content (AvgIpc) is 2.36. The summed E-state index contributed by atoms with van der Waals surface area (Å²) in [6.07, 6.45) is 2.65. The molecule has 1 rings (SSSR count). The minimum atomic E-state index is -0.0106. The number of amidine groups is 1. The van der Waals surface area contributed by atoms with Crippen LogP contribution >= 0.6 is 0 Å². The summed E-state index contributed by atoms with van der Waals surface area (Å²) in [4.78, 5) is 10.5. The molecule has 0 spiro atoms. The van der Waals surface area contributed by atoms with Gasteiger partial charge in [-0.15, -0.1) is 0 Å². The van der Waals surface area contributed by atoms with E-state index in [1.54, 1.807) is 12.3 Å². The Kier molecular flexibility index (Phi) is 4.88. The topological polar surface area (TPSA) is 87.6 Å². The third-order valence-corrected chi connectivity index (χ3v) is 2.80. The summed E-state index contributed by atoms with van der Waals surface area (Å²) in [6.45, 7) is 6.48. The fraction of sp³-hybridized carbons (Fsp3) is 0.583. The van der Waals surface area contributed by atoms with Crippen molar-refractivity contribution >= 4 is 11.8 Å². The van der Waals surface area contributed by atoms with Gasteiger partial charge in [0.15, 0.2) is 5.84 Å². The van der Waals surface area contributed by atoms with Crippen molar-refractivity contribution in [2.24, 2.45) is 16.8 Å². The maximum atomic E-state index is 8.63. The first-order valence-electron chi connectivity index (χ1n) is 5.99. The number of anilines is 1. The van der Waals surface area contributed by atoms with Crippen LogP contribution in [-0.4, -0.2) is 34.1 Å². The summed E-state index contributed by atoms with van der Waals surface area (Å²) >= 11 is 0. The van der Waals surface area contributed by atoms with E-state index in [-0.39, 0.29) is 5.84 Å². The summed E-state index contributed by atoms with van der Waals surface area (Å²) in [5.74, 6) is 1.17. The number of aromatic nitrogens is 2. The molecule has 0 saturated carbocycles. The van der Waals surface area contributed by atoms with Crippen molar-refractivity contribution in [2.45, 2.75) is 33.2 Å². The molecule has 18 heavy (non-hydrogen) atoms. The van der Waals surface area contributed by atoms with Crippen LogP contribution in [-0.2, 0) is 0 Å². The molecule has 0 aliphatic carbocycles. The smallest absolute Gasteiger partial charge is 0.225 e. The van der Waals surface area contributed by atoms with Crippen LogP contribution in [0.5, 0.6) is 0 Å². The molecule has 1 heterocycles. The molecule has 6 nitrogen and oxygen atoms in total. The van der Waals surface area contributed by atoms with Gasteiger partial charge >= 0.3 is 0 Å². The van der Waals surface area contributed by atoms with E-state index in [9.17, 15) is 0 Å². The Bertz CT molecular complexity index is 419. The van der Waals surface area contributed by atoms with Gasteiger partial charge in [0.1, 0.15) is 5.69 Å². The first-order valence-corrected chi connectivity index (χ1v) is 5.99. The van der Waals surface area contributed by atoms with Crippen LogP contribution in [0.3, 0.4) is 0 Å². The molecule has 1 atom stereocenters. The zero-order chi connectivity index (χ0) is 13.7. The van der Waals surface area contributed by atoms with Crippen molar-refractivity contribution in [3.8, 4) is 0 Å². The molecule has 0 bridgehead atoms. The molecule has 0 aliphatic rings. The fourth-order valence-electron chi connectivity index (χ4n) is 1.75. The molecule has 0 amide bonds. The second-order valence-corrected chi connectivity index (χ2v) is 4.82. The van der Waals surface area contributed by atoms with Crippen LogP contribution in [0.4, 0.5) is 5.95 Å².